The van der Waals surface area contributed by atoms with Crippen molar-refractivity contribution < 1.29 is 19.4 Å². The average molecular weight is 308 g/mol. The number of hydrogen-bond donors (Lipinski definition) is 1. The third kappa shape index (κ3) is 3.87. The number of esters is 1. The number of benzene rings is 3. The van der Waals surface area contributed by atoms with Crippen LogP contribution in [0.25, 0.3) is 10.8 Å². The second-order valence-corrected chi connectivity index (χ2v) is 5.13. The van der Waals surface area contributed by atoms with Crippen molar-refractivity contribution in [2.75, 3.05) is 6.79 Å². The minimum Gasteiger partial charge on any atom is -0.508 e. The summed E-state index contributed by atoms with van der Waals surface area (Å²) in [5, 5.41) is 11.2. The summed E-state index contributed by atoms with van der Waals surface area (Å²) in [4.78, 5) is 12.0. The van der Waals surface area contributed by atoms with Crippen LogP contribution in [-0.4, -0.2) is 17.9 Å². The van der Waals surface area contributed by atoms with Crippen molar-refractivity contribution in [2.24, 2.45) is 0 Å². The zero-order valence-corrected chi connectivity index (χ0v) is 12.4. The average Bonchev–Trinajstić information content (AvgIpc) is 2.59. The Morgan fingerprint density at radius 1 is 0.913 bits per heavy atom. The highest BCUT2D eigenvalue weighted by atomic mass is 16.7. The SMILES string of the molecule is O=C(OCOCc1ccccc1)c1ccc2cc(O)ccc2c1. The number of rotatable bonds is 5. The first-order valence-corrected chi connectivity index (χ1v) is 7.24. The van der Waals surface area contributed by atoms with Gasteiger partial charge in [0.15, 0.2) is 6.79 Å². The fourth-order valence-corrected chi connectivity index (χ4v) is 2.27. The molecule has 0 saturated heterocycles. The Labute approximate surface area is 133 Å². The molecule has 3 rings (SSSR count). The lowest BCUT2D eigenvalue weighted by Crippen LogP contribution is -2.08. The maximum Gasteiger partial charge on any atom is 0.340 e. The molecule has 0 bridgehead atoms. The van der Waals surface area contributed by atoms with E-state index in [0.717, 1.165) is 16.3 Å². The highest BCUT2D eigenvalue weighted by Crippen LogP contribution is 2.21. The molecule has 0 saturated carbocycles. The number of carbonyl (C=O) groups excluding carboxylic acids is 1. The molecule has 4 nitrogen and oxygen atoms in total. The van der Waals surface area contributed by atoms with Gasteiger partial charge in [0.05, 0.1) is 12.2 Å². The number of phenols is 1. The maximum atomic E-state index is 12.0. The molecular weight excluding hydrogens is 292 g/mol. The number of ether oxygens (including phenoxy) is 2. The van der Waals surface area contributed by atoms with Gasteiger partial charge >= 0.3 is 5.97 Å². The van der Waals surface area contributed by atoms with Crippen LogP contribution >= 0.6 is 0 Å². The van der Waals surface area contributed by atoms with Crippen molar-refractivity contribution >= 4 is 16.7 Å². The van der Waals surface area contributed by atoms with E-state index in [0.29, 0.717) is 12.2 Å². The molecule has 0 amide bonds. The van der Waals surface area contributed by atoms with Gasteiger partial charge in [0.2, 0.25) is 0 Å². The smallest absolute Gasteiger partial charge is 0.340 e. The topological polar surface area (TPSA) is 55.8 Å². The van der Waals surface area contributed by atoms with Gasteiger partial charge < -0.3 is 14.6 Å². The third-order valence-electron chi connectivity index (χ3n) is 3.44. The Morgan fingerprint density at radius 3 is 2.48 bits per heavy atom. The van der Waals surface area contributed by atoms with Crippen molar-refractivity contribution in [1.82, 2.24) is 0 Å². The number of hydrogen-bond acceptors (Lipinski definition) is 4. The van der Waals surface area contributed by atoms with Gasteiger partial charge in [-0.2, -0.15) is 0 Å². The molecule has 3 aromatic carbocycles. The summed E-state index contributed by atoms with van der Waals surface area (Å²) < 4.78 is 10.5. The van der Waals surface area contributed by atoms with Crippen LogP contribution in [0.3, 0.4) is 0 Å². The monoisotopic (exact) mass is 308 g/mol. The van der Waals surface area contributed by atoms with Crippen LogP contribution in [0.2, 0.25) is 0 Å². The molecule has 0 radical (unpaired) electrons. The lowest BCUT2D eigenvalue weighted by Gasteiger charge is -2.07. The van der Waals surface area contributed by atoms with Crippen molar-refractivity contribution in [3.05, 3.63) is 77.9 Å². The Hall–Kier alpha value is -2.85. The molecule has 3 aromatic rings. The number of aromatic hydroxyl groups is 1. The van der Waals surface area contributed by atoms with Crippen LogP contribution in [-0.2, 0) is 16.1 Å². The summed E-state index contributed by atoms with van der Waals surface area (Å²) in [5.41, 5.74) is 1.47. The Morgan fingerprint density at radius 2 is 1.65 bits per heavy atom. The van der Waals surface area contributed by atoms with Crippen molar-refractivity contribution in [3.63, 3.8) is 0 Å². The van der Waals surface area contributed by atoms with Crippen LogP contribution < -0.4 is 0 Å². The highest BCUT2D eigenvalue weighted by molar-refractivity contribution is 5.95. The molecular formula is C19H16O4. The van der Waals surface area contributed by atoms with E-state index in [1.165, 1.54) is 0 Å². The van der Waals surface area contributed by atoms with Gasteiger partial charge in [0.25, 0.3) is 0 Å². The van der Waals surface area contributed by atoms with E-state index in [9.17, 15) is 9.90 Å². The molecule has 0 aliphatic rings. The molecule has 0 aliphatic heterocycles. The lowest BCUT2D eigenvalue weighted by molar-refractivity contribution is -0.0381. The first-order valence-electron chi connectivity index (χ1n) is 7.24. The van der Waals surface area contributed by atoms with E-state index in [-0.39, 0.29) is 12.5 Å². The van der Waals surface area contributed by atoms with E-state index in [4.69, 9.17) is 9.47 Å². The standard InChI is InChI=1S/C19H16O4/c20-18-9-8-15-10-17(7-6-16(15)11-18)19(21)23-13-22-12-14-4-2-1-3-5-14/h1-11,20H,12-13H2. The van der Waals surface area contributed by atoms with Crippen LogP contribution in [0, 0.1) is 0 Å². The molecule has 0 unspecified atom stereocenters. The fraction of sp³-hybridized carbons (Fsp3) is 0.105. The summed E-state index contributed by atoms with van der Waals surface area (Å²) in [6.45, 7) is 0.298. The minimum atomic E-state index is -0.437. The fourth-order valence-electron chi connectivity index (χ4n) is 2.27. The van der Waals surface area contributed by atoms with Crippen molar-refractivity contribution in [3.8, 4) is 5.75 Å². The van der Waals surface area contributed by atoms with Crippen LogP contribution in [0.5, 0.6) is 5.75 Å². The van der Waals surface area contributed by atoms with E-state index in [1.54, 1.807) is 36.4 Å². The third-order valence-corrected chi connectivity index (χ3v) is 3.44. The summed E-state index contributed by atoms with van der Waals surface area (Å²) in [6, 6.07) is 19.8. The molecule has 0 aromatic heterocycles. The Kier molecular flexibility index (Phi) is 4.54. The molecule has 1 N–H and O–H groups in total. The zero-order valence-electron chi connectivity index (χ0n) is 12.4. The molecule has 0 fully saturated rings. The predicted octanol–water partition coefficient (Wildman–Crippen LogP) is 3.88. The number of phenolic OH excluding ortho intramolecular Hbond substituents is 1. The summed E-state index contributed by atoms with van der Waals surface area (Å²) >= 11 is 0. The highest BCUT2D eigenvalue weighted by Gasteiger charge is 2.08. The lowest BCUT2D eigenvalue weighted by atomic mass is 10.1. The molecule has 0 aliphatic carbocycles. The van der Waals surface area contributed by atoms with Crippen LogP contribution in [0.1, 0.15) is 15.9 Å². The quantitative estimate of drug-likeness (QED) is 0.441. The van der Waals surface area contributed by atoms with Gasteiger partial charge in [0.1, 0.15) is 5.75 Å². The first kappa shape index (κ1) is 15.1. The van der Waals surface area contributed by atoms with Crippen LogP contribution in [0.4, 0.5) is 0 Å². The second-order valence-electron chi connectivity index (χ2n) is 5.13. The minimum absolute atomic E-state index is 0.0959. The summed E-state index contributed by atoms with van der Waals surface area (Å²) in [6.07, 6.45) is 0. The normalized spacial score (nSPS) is 10.6. The second kappa shape index (κ2) is 6.94. The van der Waals surface area contributed by atoms with E-state index in [2.05, 4.69) is 0 Å². The zero-order chi connectivity index (χ0) is 16.1. The van der Waals surface area contributed by atoms with E-state index in [1.807, 2.05) is 30.3 Å². The van der Waals surface area contributed by atoms with E-state index >= 15 is 0 Å². The first-order chi connectivity index (χ1) is 11.2. The van der Waals surface area contributed by atoms with Gasteiger partial charge in [0, 0.05) is 0 Å². The van der Waals surface area contributed by atoms with Crippen LogP contribution in [0.15, 0.2) is 66.7 Å². The van der Waals surface area contributed by atoms with Gasteiger partial charge in [-0.25, -0.2) is 4.79 Å². The van der Waals surface area contributed by atoms with Gasteiger partial charge in [-0.1, -0.05) is 42.5 Å². The molecule has 4 heteroatoms. The van der Waals surface area contributed by atoms with Gasteiger partial charge in [-0.3, -0.25) is 0 Å². The summed E-state index contributed by atoms with van der Waals surface area (Å²) in [5.74, 6) is -0.241. The Balaban J connectivity index is 1.57. The maximum absolute atomic E-state index is 12.0. The summed E-state index contributed by atoms with van der Waals surface area (Å²) in [7, 11) is 0. The Bertz CT molecular complexity index is 812. The molecule has 0 atom stereocenters. The predicted molar refractivity (Wildman–Crippen MR) is 87.1 cm³/mol. The van der Waals surface area contributed by atoms with Crippen molar-refractivity contribution in [1.29, 1.82) is 0 Å². The van der Waals surface area contributed by atoms with Crippen molar-refractivity contribution in [2.45, 2.75) is 6.61 Å². The molecule has 0 heterocycles. The largest absolute Gasteiger partial charge is 0.508 e. The molecule has 0 spiro atoms. The van der Waals surface area contributed by atoms with E-state index < -0.39 is 5.97 Å². The molecule has 23 heavy (non-hydrogen) atoms. The number of carbonyl (C=O) groups is 1. The van der Waals surface area contributed by atoms with Gasteiger partial charge in [-0.05, 0) is 40.6 Å². The number of fused-ring (bicyclic) bond motifs is 1. The van der Waals surface area contributed by atoms with Gasteiger partial charge in [-0.15, -0.1) is 0 Å². The molecule has 116 valence electrons.